The van der Waals surface area contributed by atoms with Gasteiger partial charge in [0.05, 0.1) is 6.61 Å². The largest absolute Gasteiger partial charge is 0.508 e. The fraction of sp³-hybridized carbons (Fsp3) is 0.571. The first-order valence-electron chi connectivity index (χ1n) is 12.8. The number of ether oxygens (including phenoxy) is 1. The number of benzene rings is 2. The van der Waals surface area contributed by atoms with Crippen molar-refractivity contribution in [1.29, 1.82) is 0 Å². The molecule has 2 unspecified atom stereocenters. The zero-order valence-corrected chi connectivity index (χ0v) is 19.3. The van der Waals surface area contributed by atoms with Gasteiger partial charge in [-0.1, -0.05) is 37.5 Å². The lowest BCUT2D eigenvalue weighted by Gasteiger charge is -2.41. The summed E-state index contributed by atoms with van der Waals surface area (Å²) in [6.07, 6.45) is 12.4. The van der Waals surface area contributed by atoms with Gasteiger partial charge in [-0.3, -0.25) is 4.90 Å². The Morgan fingerprint density at radius 3 is 2.56 bits per heavy atom. The van der Waals surface area contributed by atoms with Crippen LogP contribution in [0.15, 0.2) is 42.5 Å². The third kappa shape index (κ3) is 5.13. The zero-order chi connectivity index (χ0) is 21.8. The van der Waals surface area contributed by atoms with Gasteiger partial charge in [0.2, 0.25) is 0 Å². The second-order valence-electron chi connectivity index (χ2n) is 9.96. The van der Waals surface area contributed by atoms with E-state index in [0.717, 1.165) is 44.7 Å². The molecule has 32 heavy (non-hydrogen) atoms. The maximum absolute atomic E-state index is 9.99. The molecule has 2 aromatic rings. The second-order valence-corrected chi connectivity index (χ2v) is 9.96. The van der Waals surface area contributed by atoms with Crippen molar-refractivity contribution in [3.8, 4) is 11.5 Å². The topological polar surface area (TPSA) is 44.7 Å². The molecule has 2 aliphatic heterocycles. The summed E-state index contributed by atoms with van der Waals surface area (Å²) in [7, 11) is 0. The molecule has 1 saturated carbocycles. The molecule has 2 N–H and O–H groups in total. The SMILES string of the molecule is Oc1ccc2c(c1)CCN(C1CCCC1)C2Cc1ccc(OCCC2CCCCN2)cc1. The number of phenolic OH excluding ortho intramolecular Hbond substituents is 1. The number of phenols is 1. The highest BCUT2D eigenvalue weighted by Crippen LogP contribution is 2.39. The number of piperidine rings is 1. The standard InChI is InChI=1S/C28H38N2O2/c31-25-10-13-27-22(20-25)14-17-30(24-6-1-2-7-24)28(27)19-21-8-11-26(12-9-21)32-18-15-23-5-3-4-16-29-23/h8-13,20,23-24,28-29,31H,1-7,14-19H2. The maximum atomic E-state index is 9.99. The average molecular weight is 435 g/mol. The van der Waals surface area contributed by atoms with Gasteiger partial charge < -0.3 is 15.2 Å². The zero-order valence-electron chi connectivity index (χ0n) is 19.3. The number of nitrogens with one attached hydrogen (secondary N) is 1. The van der Waals surface area contributed by atoms with Crippen LogP contribution in [0, 0.1) is 0 Å². The van der Waals surface area contributed by atoms with Crippen LogP contribution in [-0.4, -0.2) is 41.8 Å². The first kappa shape index (κ1) is 21.8. The van der Waals surface area contributed by atoms with E-state index in [-0.39, 0.29) is 0 Å². The molecule has 4 heteroatoms. The fourth-order valence-electron chi connectivity index (χ4n) is 6.05. The lowest BCUT2D eigenvalue weighted by Crippen LogP contribution is -2.42. The van der Waals surface area contributed by atoms with Crippen LogP contribution in [0.4, 0.5) is 0 Å². The Morgan fingerprint density at radius 1 is 0.969 bits per heavy atom. The molecule has 2 atom stereocenters. The molecule has 0 spiro atoms. The Labute approximate surface area is 193 Å². The normalized spacial score (nSPS) is 24.4. The van der Waals surface area contributed by atoms with Crippen molar-refractivity contribution < 1.29 is 9.84 Å². The minimum atomic E-state index is 0.391. The summed E-state index contributed by atoms with van der Waals surface area (Å²) in [6, 6.07) is 16.5. The van der Waals surface area contributed by atoms with Gasteiger partial charge >= 0.3 is 0 Å². The summed E-state index contributed by atoms with van der Waals surface area (Å²) in [5.74, 6) is 1.37. The maximum Gasteiger partial charge on any atom is 0.119 e. The number of nitrogens with zero attached hydrogens (tertiary/aromatic N) is 1. The van der Waals surface area contributed by atoms with Gasteiger partial charge in [0.25, 0.3) is 0 Å². The van der Waals surface area contributed by atoms with Crippen molar-refractivity contribution in [3.05, 3.63) is 59.2 Å². The highest BCUT2D eigenvalue weighted by Gasteiger charge is 2.33. The van der Waals surface area contributed by atoms with Crippen LogP contribution in [0.5, 0.6) is 11.5 Å². The first-order chi connectivity index (χ1) is 15.8. The molecule has 1 aliphatic carbocycles. The van der Waals surface area contributed by atoms with Gasteiger partial charge in [-0.25, -0.2) is 0 Å². The summed E-state index contributed by atoms with van der Waals surface area (Å²) < 4.78 is 6.05. The molecule has 0 amide bonds. The smallest absolute Gasteiger partial charge is 0.119 e. The van der Waals surface area contributed by atoms with Crippen LogP contribution in [0.2, 0.25) is 0 Å². The molecule has 5 rings (SSSR count). The Bertz CT molecular complexity index is 870. The van der Waals surface area contributed by atoms with E-state index in [0.29, 0.717) is 23.9 Å². The predicted molar refractivity (Wildman–Crippen MR) is 129 cm³/mol. The second kappa shape index (κ2) is 10.3. The van der Waals surface area contributed by atoms with E-state index in [1.54, 1.807) is 0 Å². The van der Waals surface area contributed by atoms with E-state index in [1.165, 1.54) is 61.6 Å². The van der Waals surface area contributed by atoms with Gasteiger partial charge in [-0.05, 0) is 92.4 Å². The van der Waals surface area contributed by atoms with Crippen LogP contribution in [0.1, 0.15) is 74.1 Å². The molecule has 0 aromatic heterocycles. The van der Waals surface area contributed by atoms with Crippen LogP contribution in [0.25, 0.3) is 0 Å². The molecular weight excluding hydrogens is 396 g/mol. The Balaban J connectivity index is 1.24. The first-order valence-corrected chi connectivity index (χ1v) is 12.8. The number of rotatable bonds is 7. The molecule has 0 bridgehead atoms. The van der Waals surface area contributed by atoms with Crippen molar-refractivity contribution in [1.82, 2.24) is 10.2 Å². The Kier molecular flexibility index (Phi) is 6.99. The van der Waals surface area contributed by atoms with Crippen molar-refractivity contribution in [3.63, 3.8) is 0 Å². The van der Waals surface area contributed by atoms with Crippen molar-refractivity contribution in [2.75, 3.05) is 19.7 Å². The summed E-state index contributed by atoms with van der Waals surface area (Å²) in [5, 5.41) is 13.6. The molecule has 2 fully saturated rings. The molecule has 2 aromatic carbocycles. The van der Waals surface area contributed by atoms with E-state index in [4.69, 9.17) is 4.74 Å². The summed E-state index contributed by atoms with van der Waals surface area (Å²) in [4.78, 5) is 2.76. The number of hydrogen-bond acceptors (Lipinski definition) is 4. The minimum absolute atomic E-state index is 0.391. The van der Waals surface area contributed by atoms with E-state index in [9.17, 15) is 5.11 Å². The van der Waals surface area contributed by atoms with E-state index in [1.807, 2.05) is 12.1 Å². The molecule has 1 saturated heterocycles. The third-order valence-corrected chi connectivity index (χ3v) is 7.82. The van der Waals surface area contributed by atoms with Crippen molar-refractivity contribution in [2.45, 2.75) is 82.3 Å². The minimum Gasteiger partial charge on any atom is -0.508 e. The monoisotopic (exact) mass is 434 g/mol. The van der Waals surface area contributed by atoms with Gasteiger partial charge in [0.1, 0.15) is 11.5 Å². The van der Waals surface area contributed by atoms with Gasteiger partial charge in [0.15, 0.2) is 0 Å². The van der Waals surface area contributed by atoms with Crippen molar-refractivity contribution in [2.24, 2.45) is 0 Å². The summed E-state index contributed by atoms with van der Waals surface area (Å²) >= 11 is 0. The van der Waals surface area contributed by atoms with Crippen LogP contribution in [-0.2, 0) is 12.8 Å². The number of fused-ring (bicyclic) bond motifs is 1. The number of hydrogen-bond donors (Lipinski definition) is 2. The lowest BCUT2D eigenvalue weighted by atomic mass is 9.87. The van der Waals surface area contributed by atoms with Crippen LogP contribution in [0.3, 0.4) is 0 Å². The molecule has 4 nitrogen and oxygen atoms in total. The van der Waals surface area contributed by atoms with Crippen LogP contribution >= 0.6 is 0 Å². The molecule has 172 valence electrons. The van der Waals surface area contributed by atoms with Crippen LogP contribution < -0.4 is 10.1 Å². The average Bonchev–Trinajstić information content (AvgIpc) is 3.36. The predicted octanol–water partition coefficient (Wildman–Crippen LogP) is 5.39. The highest BCUT2D eigenvalue weighted by molar-refractivity contribution is 5.40. The molecule has 0 radical (unpaired) electrons. The summed E-state index contributed by atoms with van der Waals surface area (Å²) in [6.45, 7) is 3.04. The van der Waals surface area contributed by atoms with Crippen molar-refractivity contribution >= 4 is 0 Å². The van der Waals surface area contributed by atoms with Gasteiger partial charge in [-0.2, -0.15) is 0 Å². The van der Waals surface area contributed by atoms with E-state index < -0.39 is 0 Å². The molecule has 3 aliphatic rings. The molecular formula is C28H38N2O2. The van der Waals surface area contributed by atoms with E-state index in [2.05, 4.69) is 40.5 Å². The Morgan fingerprint density at radius 2 is 1.78 bits per heavy atom. The third-order valence-electron chi connectivity index (χ3n) is 7.82. The summed E-state index contributed by atoms with van der Waals surface area (Å²) in [5.41, 5.74) is 4.09. The highest BCUT2D eigenvalue weighted by atomic mass is 16.5. The quantitative estimate of drug-likeness (QED) is 0.613. The lowest BCUT2D eigenvalue weighted by molar-refractivity contribution is 0.124. The van der Waals surface area contributed by atoms with Gasteiger partial charge in [-0.15, -0.1) is 0 Å². The van der Waals surface area contributed by atoms with Gasteiger partial charge in [0, 0.05) is 24.7 Å². The number of aromatic hydroxyl groups is 1. The van der Waals surface area contributed by atoms with E-state index >= 15 is 0 Å². The molecule has 2 heterocycles. The Hall–Kier alpha value is -2.04. The fourth-order valence-corrected chi connectivity index (χ4v) is 6.05.